The summed E-state index contributed by atoms with van der Waals surface area (Å²) in [5.74, 6) is -0.655. The maximum atomic E-state index is 12.9. The lowest BCUT2D eigenvalue weighted by molar-refractivity contribution is -0.886. The van der Waals surface area contributed by atoms with Gasteiger partial charge in [-0.3, -0.25) is 9.59 Å². The number of benzene rings is 2. The first-order valence-corrected chi connectivity index (χ1v) is 10.6. The normalized spacial score (nSPS) is 18.0. The molecule has 2 heterocycles. The van der Waals surface area contributed by atoms with Crippen molar-refractivity contribution in [2.75, 3.05) is 26.2 Å². The van der Waals surface area contributed by atoms with E-state index in [-0.39, 0.29) is 38.2 Å². The first kappa shape index (κ1) is 17.9. The van der Waals surface area contributed by atoms with Crippen molar-refractivity contribution < 1.29 is 22.9 Å². The van der Waals surface area contributed by atoms with Gasteiger partial charge < -0.3 is 10.2 Å². The molecule has 1 saturated heterocycles. The SMILES string of the molecule is O=C(NCC[NH+]1CCCC1)c1ccc2c(c1)S(=O)(=O)c1ccccc1C2=O. The van der Waals surface area contributed by atoms with Crippen LogP contribution in [0.25, 0.3) is 0 Å². The smallest absolute Gasteiger partial charge is 0.251 e. The predicted molar refractivity (Wildman–Crippen MR) is 98.9 cm³/mol. The van der Waals surface area contributed by atoms with Gasteiger partial charge in [-0.1, -0.05) is 12.1 Å². The van der Waals surface area contributed by atoms with E-state index in [1.165, 1.54) is 48.1 Å². The molecule has 4 rings (SSSR count). The van der Waals surface area contributed by atoms with Crippen LogP contribution in [0.4, 0.5) is 0 Å². The molecule has 2 aromatic rings. The van der Waals surface area contributed by atoms with Gasteiger partial charge in [0.1, 0.15) is 0 Å². The molecule has 140 valence electrons. The first-order chi connectivity index (χ1) is 13.0. The number of hydrogen-bond donors (Lipinski definition) is 2. The van der Waals surface area contributed by atoms with E-state index < -0.39 is 9.84 Å². The molecule has 2 N–H and O–H groups in total. The summed E-state index contributed by atoms with van der Waals surface area (Å²) in [4.78, 5) is 26.5. The highest BCUT2D eigenvalue weighted by Gasteiger charge is 2.35. The number of sulfone groups is 1. The second-order valence-corrected chi connectivity index (χ2v) is 8.89. The van der Waals surface area contributed by atoms with Crippen molar-refractivity contribution in [3.05, 3.63) is 59.2 Å². The van der Waals surface area contributed by atoms with Crippen LogP contribution in [-0.4, -0.2) is 46.3 Å². The zero-order chi connectivity index (χ0) is 19.0. The number of hydrogen-bond acceptors (Lipinski definition) is 4. The highest BCUT2D eigenvalue weighted by Crippen LogP contribution is 2.34. The van der Waals surface area contributed by atoms with E-state index in [2.05, 4.69) is 5.32 Å². The van der Waals surface area contributed by atoms with E-state index in [1.807, 2.05) is 0 Å². The van der Waals surface area contributed by atoms with Crippen molar-refractivity contribution in [1.29, 1.82) is 0 Å². The number of ketones is 1. The quantitative estimate of drug-likeness (QED) is 0.684. The summed E-state index contributed by atoms with van der Waals surface area (Å²) in [6.07, 6.45) is 2.45. The predicted octanol–water partition coefficient (Wildman–Crippen LogP) is 0.472. The molecule has 2 aliphatic heterocycles. The summed E-state index contributed by atoms with van der Waals surface area (Å²) in [5, 5.41) is 2.85. The Labute approximate surface area is 158 Å². The second-order valence-electron chi connectivity index (χ2n) is 7.00. The van der Waals surface area contributed by atoms with E-state index in [0.29, 0.717) is 6.54 Å². The average Bonchev–Trinajstić information content (AvgIpc) is 3.19. The van der Waals surface area contributed by atoms with Crippen LogP contribution in [0.15, 0.2) is 52.3 Å². The van der Waals surface area contributed by atoms with Crippen LogP contribution in [-0.2, 0) is 9.84 Å². The summed E-state index contributed by atoms with van der Waals surface area (Å²) in [5.41, 5.74) is 0.545. The maximum absolute atomic E-state index is 12.9. The average molecular weight is 385 g/mol. The number of fused-ring (bicyclic) bond motifs is 2. The Morgan fingerprint density at radius 1 is 1.00 bits per heavy atom. The molecular formula is C20H21N2O4S+. The second kappa shape index (κ2) is 6.90. The molecule has 2 aromatic carbocycles. The topological polar surface area (TPSA) is 84.8 Å². The van der Waals surface area contributed by atoms with Gasteiger partial charge in [0.2, 0.25) is 9.84 Å². The number of rotatable bonds is 4. The van der Waals surface area contributed by atoms with E-state index in [1.54, 1.807) is 12.1 Å². The Balaban J connectivity index is 1.58. The summed E-state index contributed by atoms with van der Waals surface area (Å²) in [6, 6.07) is 10.4. The molecule has 0 aromatic heterocycles. The van der Waals surface area contributed by atoms with Gasteiger partial charge in [0.05, 0.1) is 36.0 Å². The van der Waals surface area contributed by atoms with Crippen LogP contribution in [0, 0.1) is 0 Å². The third-order valence-corrected chi connectivity index (χ3v) is 7.13. The minimum absolute atomic E-state index is 0.00214. The Hall–Kier alpha value is -2.51. The van der Waals surface area contributed by atoms with E-state index in [9.17, 15) is 18.0 Å². The van der Waals surface area contributed by atoms with Crippen molar-refractivity contribution in [3.63, 3.8) is 0 Å². The lowest BCUT2D eigenvalue weighted by Gasteiger charge is -2.19. The van der Waals surface area contributed by atoms with Crippen molar-refractivity contribution in [3.8, 4) is 0 Å². The van der Waals surface area contributed by atoms with E-state index in [4.69, 9.17) is 0 Å². The Bertz CT molecular complexity index is 1020. The number of quaternary nitrogens is 1. The molecule has 1 fully saturated rings. The van der Waals surface area contributed by atoms with Crippen LogP contribution < -0.4 is 10.2 Å². The lowest BCUT2D eigenvalue weighted by Crippen LogP contribution is -3.10. The highest BCUT2D eigenvalue weighted by molar-refractivity contribution is 7.91. The monoisotopic (exact) mass is 385 g/mol. The molecule has 2 aliphatic rings. The molecule has 0 atom stereocenters. The zero-order valence-electron chi connectivity index (χ0n) is 14.8. The molecule has 7 heteroatoms. The Morgan fingerprint density at radius 3 is 2.48 bits per heavy atom. The molecule has 27 heavy (non-hydrogen) atoms. The van der Waals surface area contributed by atoms with Crippen LogP contribution in [0.2, 0.25) is 0 Å². The minimum atomic E-state index is -3.83. The van der Waals surface area contributed by atoms with Gasteiger partial charge in [0.25, 0.3) is 5.91 Å². The largest absolute Gasteiger partial charge is 0.346 e. The fourth-order valence-electron chi connectivity index (χ4n) is 3.81. The fraction of sp³-hybridized carbons (Fsp3) is 0.300. The number of carbonyl (C=O) groups is 2. The van der Waals surface area contributed by atoms with E-state index in [0.717, 1.165) is 19.6 Å². The Kier molecular flexibility index (Phi) is 4.57. The minimum Gasteiger partial charge on any atom is -0.346 e. The third-order valence-electron chi connectivity index (χ3n) is 5.27. The maximum Gasteiger partial charge on any atom is 0.251 e. The highest BCUT2D eigenvalue weighted by atomic mass is 32.2. The Morgan fingerprint density at radius 2 is 1.70 bits per heavy atom. The molecule has 0 aliphatic carbocycles. The summed E-state index contributed by atoms with van der Waals surface area (Å²) in [7, 11) is -3.83. The lowest BCUT2D eigenvalue weighted by atomic mass is 10.0. The van der Waals surface area contributed by atoms with Crippen LogP contribution >= 0.6 is 0 Å². The van der Waals surface area contributed by atoms with Gasteiger partial charge in [0, 0.05) is 29.5 Å². The summed E-state index contributed by atoms with van der Waals surface area (Å²) in [6.45, 7) is 3.67. The third kappa shape index (κ3) is 3.17. The number of nitrogens with one attached hydrogen (secondary N) is 2. The van der Waals surface area contributed by atoms with Crippen molar-refractivity contribution in [2.24, 2.45) is 0 Å². The standard InChI is InChI=1S/C20H20N2O4S/c23-19-15-5-1-2-6-17(15)27(25,26)18-13-14(7-8-16(18)19)20(24)21-9-12-22-10-3-4-11-22/h1-2,5-8,13H,3-4,9-12H2,(H,21,24)/p+1. The van der Waals surface area contributed by atoms with Gasteiger partial charge >= 0.3 is 0 Å². The summed E-state index contributed by atoms with van der Waals surface area (Å²) >= 11 is 0. The van der Waals surface area contributed by atoms with E-state index >= 15 is 0 Å². The zero-order valence-corrected chi connectivity index (χ0v) is 15.6. The molecule has 0 bridgehead atoms. The molecule has 0 unspecified atom stereocenters. The molecular weight excluding hydrogens is 364 g/mol. The molecule has 1 amide bonds. The van der Waals surface area contributed by atoms with Crippen LogP contribution in [0.3, 0.4) is 0 Å². The number of carbonyl (C=O) groups excluding carboxylic acids is 2. The molecule has 6 nitrogen and oxygen atoms in total. The van der Waals surface area contributed by atoms with Gasteiger partial charge in [-0.25, -0.2) is 8.42 Å². The van der Waals surface area contributed by atoms with Gasteiger partial charge in [0.15, 0.2) is 5.78 Å². The van der Waals surface area contributed by atoms with Crippen LogP contribution in [0.1, 0.15) is 39.1 Å². The summed E-state index contributed by atoms with van der Waals surface area (Å²) < 4.78 is 25.8. The fourth-order valence-corrected chi connectivity index (χ4v) is 5.48. The first-order valence-electron chi connectivity index (χ1n) is 9.13. The van der Waals surface area contributed by atoms with Crippen molar-refractivity contribution in [2.45, 2.75) is 22.6 Å². The van der Waals surface area contributed by atoms with Crippen molar-refractivity contribution >= 4 is 21.5 Å². The van der Waals surface area contributed by atoms with Gasteiger partial charge in [-0.05, 0) is 30.3 Å². The van der Waals surface area contributed by atoms with Crippen molar-refractivity contribution in [1.82, 2.24) is 5.32 Å². The molecule has 0 saturated carbocycles. The molecule has 0 spiro atoms. The number of likely N-dealkylation sites (tertiary alicyclic amines) is 1. The van der Waals surface area contributed by atoms with Gasteiger partial charge in [-0.15, -0.1) is 0 Å². The van der Waals surface area contributed by atoms with Crippen LogP contribution in [0.5, 0.6) is 0 Å². The number of amides is 1. The molecule has 0 radical (unpaired) electrons. The van der Waals surface area contributed by atoms with Gasteiger partial charge in [-0.2, -0.15) is 0 Å².